The van der Waals surface area contributed by atoms with Crippen LogP contribution in [0.1, 0.15) is 12.5 Å². The normalized spacial score (nSPS) is 12.0. The number of H-pyrrole nitrogens is 1. The summed E-state index contributed by atoms with van der Waals surface area (Å²) in [6.07, 6.45) is 0. The number of aromatic amines is 1. The van der Waals surface area contributed by atoms with E-state index in [0.717, 1.165) is 5.56 Å². The van der Waals surface area contributed by atoms with Crippen LogP contribution in [0.2, 0.25) is 5.02 Å². The van der Waals surface area contributed by atoms with Crippen molar-refractivity contribution >= 4 is 35.0 Å². The number of rotatable bonds is 5. The molecule has 0 unspecified atom stereocenters. The highest BCUT2D eigenvalue weighted by atomic mass is 35.5. The second-order valence-electron chi connectivity index (χ2n) is 5.56. The van der Waals surface area contributed by atoms with Crippen LogP contribution in [0.4, 0.5) is 5.69 Å². The van der Waals surface area contributed by atoms with Gasteiger partial charge < -0.3 is 5.32 Å². The van der Waals surface area contributed by atoms with Crippen LogP contribution in [0.25, 0.3) is 11.4 Å². The fraction of sp³-hybridized carbons (Fsp3) is 0.167. The molecule has 1 aromatic heterocycles. The number of nitrogens with one attached hydrogen (secondary N) is 2. The van der Waals surface area contributed by atoms with Crippen LogP contribution >= 0.6 is 23.4 Å². The number of hydrogen-bond acceptors (Lipinski definition) is 4. The number of aromatic nitrogens is 3. The Labute approximate surface area is 155 Å². The number of nitrogens with zero attached hydrogens (tertiary/aromatic N) is 2. The lowest BCUT2D eigenvalue weighted by atomic mass is 10.1. The van der Waals surface area contributed by atoms with Crippen molar-refractivity contribution in [3.05, 3.63) is 59.1 Å². The minimum Gasteiger partial charge on any atom is -0.324 e. The van der Waals surface area contributed by atoms with Gasteiger partial charge in [0.05, 0.1) is 16.0 Å². The van der Waals surface area contributed by atoms with E-state index < -0.39 is 0 Å². The van der Waals surface area contributed by atoms with Gasteiger partial charge in [-0.05, 0) is 26.0 Å². The van der Waals surface area contributed by atoms with E-state index in [-0.39, 0.29) is 11.2 Å². The third kappa shape index (κ3) is 4.41. The second-order valence-corrected chi connectivity index (χ2v) is 7.28. The third-order valence-electron chi connectivity index (χ3n) is 3.57. The molecule has 1 heterocycles. The van der Waals surface area contributed by atoms with Gasteiger partial charge in [-0.2, -0.15) is 0 Å². The number of hydrogen-bond donors (Lipinski definition) is 2. The Hall–Kier alpha value is -2.31. The van der Waals surface area contributed by atoms with Gasteiger partial charge in [0.15, 0.2) is 5.82 Å². The number of carbonyl (C=O) groups is 1. The molecular formula is C18H17ClN4OS. The molecule has 0 radical (unpaired) electrons. The van der Waals surface area contributed by atoms with Crippen LogP contribution in [-0.2, 0) is 4.79 Å². The first-order valence-electron chi connectivity index (χ1n) is 7.74. The van der Waals surface area contributed by atoms with Crippen molar-refractivity contribution in [2.75, 3.05) is 5.32 Å². The molecular weight excluding hydrogens is 356 g/mol. The number of amides is 1. The zero-order chi connectivity index (χ0) is 17.8. The van der Waals surface area contributed by atoms with E-state index in [0.29, 0.717) is 21.7 Å². The van der Waals surface area contributed by atoms with Crippen LogP contribution in [0.5, 0.6) is 0 Å². The predicted octanol–water partition coefficient (Wildman–Crippen LogP) is 4.55. The maximum absolute atomic E-state index is 12.3. The van der Waals surface area contributed by atoms with E-state index in [4.69, 9.17) is 11.6 Å². The zero-order valence-corrected chi connectivity index (χ0v) is 15.4. The Kier molecular flexibility index (Phi) is 5.40. The molecule has 5 nitrogen and oxygen atoms in total. The second kappa shape index (κ2) is 7.72. The van der Waals surface area contributed by atoms with Gasteiger partial charge in [-0.3, -0.25) is 9.89 Å². The first kappa shape index (κ1) is 17.5. The number of anilines is 1. The van der Waals surface area contributed by atoms with E-state index in [9.17, 15) is 4.79 Å². The molecule has 1 amide bonds. The average molecular weight is 373 g/mol. The van der Waals surface area contributed by atoms with E-state index in [1.54, 1.807) is 19.1 Å². The van der Waals surface area contributed by atoms with Crippen molar-refractivity contribution in [2.45, 2.75) is 24.3 Å². The van der Waals surface area contributed by atoms with Crippen molar-refractivity contribution in [2.24, 2.45) is 0 Å². The largest absolute Gasteiger partial charge is 0.324 e. The van der Waals surface area contributed by atoms with Crippen LogP contribution in [0.3, 0.4) is 0 Å². The van der Waals surface area contributed by atoms with Crippen molar-refractivity contribution < 1.29 is 4.79 Å². The lowest BCUT2D eigenvalue weighted by Gasteiger charge is -2.11. The summed E-state index contributed by atoms with van der Waals surface area (Å²) in [6.45, 7) is 3.84. The van der Waals surface area contributed by atoms with Crippen LogP contribution in [-0.4, -0.2) is 26.3 Å². The fourth-order valence-electron chi connectivity index (χ4n) is 2.15. The van der Waals surface area contributed by atoms with Gasteiger partial charge in [0.2, 0.25) is 11.1 Å². The van der Waals surface area contributed by atoms with Crippen molar-refractivity contribution in [1.29, 1.82) is 0 Å². The molecule has 7 heteroatoms. The number of aryl methyl sites for hydroxylation is 1. The van der Waals surface area contributed by atoms with Gasteiger partial charge in [0.1, 0.15) is 0 Å². The minimum absolute atomic E-state index is 0.153. The van der Waals surface area contributed by atoms with E-state index in [2.05, 4.69) is 20.5 Å². The highest BCUT2D eigenvalue weighted by Crippen LogP contribution is 2.25. The first-order valence-corrected chi connectivity index (χ1v) is 9.00. The topological polar surface area (TPSA) is 70.7 Å². The van der Waals surface area contributed by atoms with Gasteiger partial charge >= 0.3 is 0 Å². The lowest BCUT2D eigenvalue weighted by Crippen LogP contribution is -2.22. The predicted molar refractivity (Wildman–Crippen MR) is 102 cm³/mol. The highest BCUT2D eigenvalue weighted by molar-refractivity contribution is 8.00. The molecule has 0 aliphatic rings. The van der Waals surface area contributed by atoms with E-state index >= 15 is 0 Å². The standard InChI is InChI=1S/C18H17ClN4OS/c1-11-7-9-13(10-8-11)16-21-18(23-22-16)25-12(2)17(24)20-15-6-4-3-5-14(15)19/h3-10,12H,1-2H3,(H,20,24)(H,21,22,23)/t12-/m0/s1. The smallest absolute Gasteiger partial charge is 0.237 e. The Morgan fingerprint density at radius 3 is 2.64 bits per heavy atom. The number of benzene rings is 2. The molecule has 0 saturated carbocycles. The summed E-state index contributed by atoms with van der Waals surface area (Å²) >= 11 is 7.35. The number of halogens is 1. The first-order chi connectivity index (χ1) is 12.0. The monoisotopic (exact) mass is 372 g/mol. The molecule has 3 rings (SSSR count). The summed E-state index contributed by atoms with van der Waals surface area (Å²) < 4.78 is 0. The van der Waals surface area contributed by atoms with Gasteiger partial charge in [-0.1, -0.05) is 65.3 Å². The molecule has 0 aliphatic carbocycles. The zero-order valence-electron chi connectivity index (χ0n) is 13.8. The molecule has 2 N–H and O–H groups in total. The maximum Gasteiger partial charge on any atom is 0.237 e. The van der Waals surface area contributed by atoms with E-state index in [1.165, 1.54) is 17.3 Å². The molecule has 0 saturated heterocycles. The van der Waals surface area contributed by atoms with E-state index in [1.807, 2.05) is 43.3 Å². The Morgan fingerprint density at radius 1 is 1.20 bits per heavy atom. The number of thioether (sulfide) groups is 1. The quantitative estimate of drug-likeness (QED) is 0.644. The Bertz CT molecular complexity index is 879. The van der Waals surface area contributed by atoms with Crippen LogP contribution in [0.15, 0.2) is 53.7 Å². The Balaban J connectivity index is 1.65. The van der Waals surface area contributed by atoms with Crippen molar-refractivity contribution in [3.63, 3.8) is 0 Å². The SMILES string of the molecule is Cc1ccc(-c2nc(S[C@@H](C)C(=O)Nc3ccccc3Cl)n[nH]2)cc1. The van der Waals surface area contributed by atoms with Gasteiger partial charge in [-0.15, -0.1) is 5.10 Å². The summed E-state index contributed by atoms with van der Waals surface area (Å²) in [5.41, 5.74) is 2.73. The summed E-state index contributed by atoms with van der Waals surface area (Å²) in [7, 11) is 0. The Morgan fingerprint density at radius 2 is 1.92 bits per heavy atom. The number of para-hydroxylation sites is 1. The summed E-state index contributed by atoms with van der Waals surface area (Å²) in [4.78, 5) is 16.8. The van der Waals surface area contributed by atoms with Crippen LogP contribution in [0, 0.1) is 6.92 Å². The molecule has 0 bridgehead atoms. The van der Waals surface area contributed by atoms with Gasteiger partial charge in [0, 0.05) is 5.56 Å². The van der Waals surface area contributed by atoms with Gasteiger partial charge in [0.25, 0.3) is 0 Å². The molecule has 0 aliphatic heterocycles. The molecule has 128 valence electrons. The molecule has 25 heavy (non-hydrogen) atoms. The molecule has 0 spiro atoms. The van der Waals surface area contributed by atoms with Crippen LogP contribution < -0.4 is 5.32 Å². The molecule has 2 aromatic carbocycles. The lowest BCUT2D eigenvalue weighted by molar-refractivity contribution is -0.115. The summed E-state index contributed by atoms with van der Waals surface area (Å²) in [5.74, 6) is 0.529. The number of carbonyl (C=O) groups excluding carboxylic acids is 1. The minimum atomic E-state index is -0.363. The molecule has 1 atom stereocenters. The van der Waals surface area contributed by atoms with Crippen molar-refractivity contribution in [3.8, 4) is 11.4 Å². The summed E-state index contributed by atoms with van der Waals surface area (Å²) in [6, 6.07) is 15.1. The fourth-order valence-corrected chi connectivity index (χ4v) is 3.06. The molecule has 0 fully saturated rings. The molecule has 3 aromatic rings. The summed E-state index contributed by atoms with van der Waals surface area (Å²) in [5, 5.41) is 10.6. The van der Waals surface area contributed by atoms with Crippen molar-refractivity contribution in [1.82, 2.24) is 15.2 Å². The highest BCUT2D eigenvalue weighted by Gasteiger charge is 2.18. The van der Waals surface area contributed by atoms with Gasteiger partial charge in [-0.25, -0.2) is 4.98 Å². The average Bonchev–Trinajstić information content (AvgIpc) is 3.06. The maximum atomic E-state index is 12.3. The third-order valence-corrected chi connectivity index (χ3v) is 4.86.